The van der Waals surface area contributed by atoms with Gasteiger partial charge in [0, 0.05) is 20.7 Å². The Bertz CT molecular complexity index is 393. The molecule has 3 N–H and O–H groups in total. The molecule has 0 spiro atoms. The zero-order valence-corrected chi connectivity index (χ0v) is 12.5. The van der Waals surface area contributed by atoms with E-state index < -0.39 is 17.5 Å². The number of carboxylic acid groups (broad SMARTS) is 1. The van der Waals surface area contributed by atoms with E-state index in [1.54, 1.807) is 0 Å². The lowest BCUT2D eigenvalue weighted by Crippen LogP contribution is -2.56. The Labute approximate surface area is 123 Å². The van der Waals surface area contributed by atoms with Crippen molar-refractivity contribution in [1.82, 2.24) is 15.5 Å². The Morgan fingerprint density at radius 1 is 1.29 bits per heavy atom. The summed E-state index contributed by atoms with van der Waals surface area (Å²) >= 11 is 0. The lowest BCUT2D eigenvalue weighted by molar-refractivity contribution is -0.144. The van der Waals surface area contributed by atoms with Crippen LogP contribution >= 0.6 is 0 Å². The number of likely N-dealkylation sites (N-methyl/N-ethyl adjacent to an activating group) is 1. The first-order valence-corrected chi connectivity index (χ1v) is 6.93. The number of hydrogen-bond acceptors (Lipinski definition) is 4. The molecule has 0 aromatic heterocycles. The molecule has 0 aliphatic heterocycles. The Morgan fingerprint density at radius 2 is 1.90 bits per heavy atom. The first-order chi connectivity index (χ1) is 9.91. The second-order valence-corrected chi connectivity index (χ2v) is 5.22. The van der Waals surface area contributed by atoms with E-state index in [1.807, 2.05) is 0 Å². The number of carbonyl (C=O) groups is 3. The van der Waals surface area contributed by atoms with Crippen LogP contribution in [0.4, 0.5) is 4.79 Å². The van der Waals surface area contributed by atoms with Gasteiger partial charge in [-0.1, -0.05) is 12.8 Å². The van der Waals surface area contributed by atoms with Crippen LogP contribution in [-0.4, -0.2) is 67.3 Å². The summed E-state index contributed by atoms with van der Waals surface area (Å²) in [6, 6.07) is -0.554. The number of amides is 3. The Morgan fingerprint density at radius 3 is 2.43 bits per heavy atom. The van der Waals surface area contributed by atoms with Gasteiger partial charge in [-0.25, -0.2) is 9.59 Å². The number of carboxylic acids is 1. The van der Waals surface area contributed by atoms with Crippen molar-refractivity contribution in [3.63, 3.8) is 0 Å². The van der Waals surface area contributed by atoms with Gasteiger partial charge in [0.25, 0.3) is 0 Å². The van der Waals surface area contributed by atoms with E-state index in [2.05, 4.69) is 10.6 Å². The zero-order valence-electron chi connectivity index (χ0n) is 12.5. The van der Waals surface area contributed by atoms with E-state index in [1.165, 1.54) is 19.1 Å². The van der Waals surface area contributed by atoms with Gasteiger partial charge in [0.15, 0.2) is 0 Å². The van der Waals surface area contributed by atoms with Crippen LogP contribution in [0.1, 0.15) is 25.7 Å². The largest absolute Gasteiger partial charge is 0.480 e. The molecule has 0 heterocycles. The van der Waals surface area contributed by atoms with Gasteiger partial charge in [-0.05, 0) is 12.8 Å². The quantitative estimate of drug-likeness (QED) is 0.564. The second-order valence-electron chi connectivity index (χ2n) is 5.22. The summed E-state index contributed by atoms with van der Waals surface area (Å²) in [5, 5.41) is 14.4. The highest BCUT2D eigenvalue weighted by Crippen LogP contribution is 2.30. The van der Waals surface area contributed by atoms with E-state index in [9.17, 15) is 19.5 Å². The van der Waals surface area contributed by atoms with Gasteiger partial charge in [-0.3, -0.25) is 4.79 Å². The van der Waals surface area contributed by atoms with Gasteiger partial charge in [-0.15, -0.1) is 0 Å². The highest BCUT2D eigenvalue weighted by atomic mass is 16.5. The van der Waals surface area contributed by atoms with Crippen molar-refractivity contribution in [2.24, 2.45) is 0 Å². The van der Waals surface area contributed by atoms with Crippen molar-refractivity contribution in [3.05, 3.63) is 0 Å². The van der Waals surface area contributed by atoms with Gasteiger partial charge in [0.1, 0.15) is 12.1 Å². The molecule has 1 aliphatic rings. The highest BCUT2D eigenvalue weighted by molar-refractivity contribution is 5.88. The molecular weight excluding hydrogens is 278 g/mol. The van der Waals surface area contributed by atoms with Crippen molar-refractivity contribution < 1.29 is 24.2 Å². The number of nitrogens with zero attached hydrogens (tertiary/aromatic N) is 1. The van der Waals surface area contributed by atoms with E-state index in [0.717, 1.165) is 12.8 Å². The number of urea groups is 1. The minimum absolute atomic E-state index is 0.134. The van der Waals surface area contributed by atoms with Gasteiger partial charge >= 0.3 is 12.0 Å². The molecule has 1 saturated carbocycles. The van der Waals surface area contributed by atoms with E-state index in [-0.39, 0.29) is 12.5 Å². The van der Waals surface area contributed by atoms with Crippen LogP contribution in [0.15, 0.2) is 0 Å². The molecule has 0 aromatic rings. The Kier molecular flexibility index (Phi) is 6.41. The molecule has 0 atom stereocenters. The molecule has 21 heavy (non-hydrogen) atoms. The number of rotatable bonds is 7. The number of carbonyl (C=O) groups excluding carboxylic acids is 2. The first kappa shape index (κ1) is 17.2. The summed E-state index contributed by atoms with van der Waals surface area (Å²) in [5.41, 5.74) is -1.20. The fourth-order valence-corrected chi connectivity index (χ4v) is 2.31. The maximum atomic E-state index is 12.0. The summed E-state index contributed by atoms with van der Waals surface area (Å²) < 4.78 is 4.80. The molecule has 3 amide bonds. The minimum Gasteiger partial charge on any atom is -0.480 e. The highest BCUT2D eigenvalue weighted by Gasteiger charge is 2.43. The Balaban J connectivity index is 2.46. The number of hydrogen-bond donors (Lipinski definition) is 3. The second kappa shape index (κ2) is 7.82. The SMILES string of the molecule is COCCNC(=O)CN(C)C(=O)NC1(C(=O)O)CCCC1. The van der Waals surface area contributed by atoms with Crippen molar-refractivity contribution in [1.29, 1.82) is 0 Å². The third kappa shape index (κ3) is 4.89. The smallest absolute Gasteiger partial charge is 0.329 e. The lowest BCUT2D eigenvalue weighted by atomic mass is 9.98. The fourth-order valence-electron chi connectivity index (χ4n) is 2.31. The van der Waals surface area contributed by atoms with E-state index in [4.69, 9.17) is 4.74 Å². The molecule has 120 valence electrons. The lowest BCUT2D eigenvalue weighted by Gasteiger charge is -2.28. The van der Waals surface area contributed by atoms with E-state index >= 15 is 0 Å². The van der Waals surface area contributed by atoms with E-state index in [0.29, 0.717) is 26.0 Å². The maximum Gasteiger partial charge on any atom is 0.329 e. The van der Waals surface area contributed by atoms with Crippen LogP contribution in [0.25, 0.3) is 0 Å². The standard InChI is InChI=1S/C13H23N3O5/c1-16(9-10(17)14-7-8-21-2)12(20)15-13(11(18)19)5-3-4-6-13/h3-9H2,1-2H3,(H,14,17)(H,15,20)(H,18,19). The zero-order chi connectivity index (χ0) is 15.9. The van der Waals surface area contributed by atoms with Crippen LogP contribution in [0.5, 0.6) is 0 Å². The number of aliphatic carboxylic acids is 1. The molecule has 0 aromatic carbocycles. The van der Waals surface area contributed by atoms with Crippen molar-refractivity contribution in [3.8, 4) is 0 Å². The molecule has 8 nitrogen and oxygen atoms in total. The summed E-state index contributed by atoms with van der Waals surface area (Å²) in [6.45, 7) is 0.624. The number of nitrogens with one attached hydrogen (secondary N) is 2. The first-order valence-electron chi connectivity index (χ1n) is 6.93. The molecule has 0 unspecified atom stereocenters. The van der Waals surface area contributed by atoms with Crippen LogP contribution in [0.3, 0.4) is 0 Å². The minimum atomic E-state index is -1.20. The van der Waals surface area contributed by atoms with Crippen molar-refractivity contribution in [2.45, 2.75) is 31.2 Å². The molecule has 0 radical (unpaired) electrons. The summed E-state index contributed by atoms with van der Waals surface area (Å²) in [5.74, 6) is -1.34. The summed E-state index contributed by atoms with van der Waals surface area (Å²) in [6.07, 6.45) is 2.38. The molecule has 0 bridgehead atoms. The Hall–Kier alpha value is -1.83. The number of methoxy groups -OCH3 is 1. The van der Waals surface area contributed by atoms with Gasteiger partial charge in [-0.2, -0.15) is 0 Å². The maximum absolute atomic E-state index is 12.0. The fraction of sp³-hybridized carbons (Fsp3) is 0.769. The van der Waals surface area contributed by atoms with Gasteiger partial charge in [0.05, 0.1) is 6.61 Å². The van der Waals surface area contributed by atoms with Crippen LogP contribution in [0.2, 0.25) is 0 Å². The third-order valence-electron chi connectivity index (χ3n) is 3.57. The van der Waals surface area contributed by atoms with Crippen LogP contribution in [0, 0.1) is 0 Å². The number of ether oxygens (including phenoxy) is 1. The summed E-state index contributed by atoms with van der Waals surface area (Å²) in [7, 11) is 2.98. The summed E-state index contributed by atoms with van der Waals surface area (Å²) in [4.78, 5) is 36.1. The molecule has 1 aliphatic carbocycles. The monoisotopic (exact) mass is 301 g/mol. The molecule has 1 rings (SSSR count). The van der Waals surface area contributed by atoms with Crippen molar-refractivity contribution in [2.75, 3.05) is 33.9 Å². The average Bonchev–Trinajstić information content (AvgIpc) is 2.88. The molecule has 8 heteroatoms. The molecule has 1 fully saturated rings. The average molecular weight is 301 g/mol. The predicted octanol–water partition coefficient (Wildman–Crippen LogP) is -0.212. The third-order valence-corrected chi connectivity index (χ3v) is 3.57. The molecule has 0 saturated heterocycles. The predicted molar refractivity (Wildman–Crippen MR) is 74.9 cm³/mol. The van der Waals surface area contributed by atoms with Crippen LogP contribution in [-0.2, 0) is 14.3 Å². The van der Waals surface area contributed by atoms with Gasteiger partial charge < -0.3 is 25.4 Å². The van der Waals surface area contributed by atoms with Crippen molar-refractivity contribution >= 4 is 17.9 Å². The topological polar surface area (TPSA) is 108 Å². The van der Waals surface area contributed by atoms with Crippen LogP contribution < -0.4 is 10.6 Å². The normalized spacial score (nSPS) is 16.3. The molecular formula is C13H23N3O5. The van der Waals surface area contributed by atoms with Gasteiger partial charge in [0.2, 0.25) is 5.91 Å².